The van der Waals surface area contributed by atoms with Gasteiger partial charge in [-0.3, -0.25) is 4.90 Å². The molecule has 0 unspecified atom stereocenters. The highest BCUT2D eigenvalue weighted by molar-refractivity contribution is 5.22. The molecule has 2 rings (SSSR count). The topological polar surface area (TPSA) is 15.3 Å². The second kappa shape index (κ2) is 8.43. The van der Waals surface area contributed by atoms with E-state index in [1.54, 1.807) is 0 Å². The largest absolute Gasteiger partial charge is 0.317 e. The molecule has 0 saturated carbocycles. The van der Waals surface area contributed by atoms with Gasteiger partial charge in [0, 0.05) is 13.1 Å². The number of rotatable bonds is 7. The van der Waals surface area contributed by atoms with Crippen molar-refractivity contribution in [2.75, 3.05) is 26.2 Å². The molecule has 1 aromatic carbocycles. The fraction of sp³-hybridized carbons (Fsp3) is 0.667. The minimum atomic E-state index is 0.887. The normalized spacial score (nSPS) is 16.8. The van der Waals surface area contributed by atoms with Crippen LogP contribution in [0.25, 0.3) is 0 Å². The molecule has 112 valence electrons. The van der Waals surface area contributed by atoms with E-state index in [0.29, 0.717) is 0 Å². The van der Waals surface area contributed by atoms with Gasteiger partial charge in [-0.1, -0.05) is 38.1 Å². The van der Waals surface area contributed by atoms with Gasteiger partial charge in [-0.25, -0.2) is 0 Å². The average Bonchev–Trinajstić information content (AvgIpc) is 2.49. The predicted octanol–water partition coefficient (Wildman–Crippen LogP) is 3.46. The summed E-state index contributed by atoms with van der Waals surface area (Å²) in [5, 5.41) is 3.46. The molecule has 20 heavy (non-hydrogen) atoms. The van der Waals surface area contributed by atoms with E-state index in [1.807, 2.05) is 0 Å². The van der Waals surface area contributed by atoms with Crippen molar-refractivity contribution < 1.29 is 0 Å². The fourth-order valence-electron chi connectivity index (χ4n) is 3.12. The minimum absolute atomic E-state index is 0.887. The maximum Gasteiger partial charge on any atom is 0.0233 e. The van der Waals surface area contributed by atoms with Crippen LogP contribution in [0.5, 0.6) is 0 Å². The highest BCUT2D eigenvalue weighted by Gasteiger charge is 2.16. The predicted molar refractivity (Wildman–Crippen MR) is 87.0 cm³/mol. The van der Waals surface area contributed by atoms with Crippen LogP contribution < -0.4 is 5.32 Å². The molecule has 0 atom stereocenters. The van der Waals surface area contributed by atoms with E-state index < -0.39 is 0 Å². The number of piperidine rings is 1. The smallest absolute Gasteiger partial charge is 0.0233 e. The minimum Gasteiger partial charge on any atom is -0.317 e. The van der Waals surface area contributed by atoms with Gasteiger partial charge in [0.25, 0.3) is 0 Å². The molecule has 0 aromatic heterocycles. The molecule has 2 nitrogen and oxygen atoms in total. The lowest BCUT2D eigenvalue weighted by Crippen LogP contribution is -2.36. The van der Waals surface area contributed by atoms with Crippen molar-refractivity contribution in [2.24, 2.45) is 5.92 Å². The molecule has 0 bridgehead atoms. The summed E-state index contributed by atoms with van der Waals surface area (Å²) in [5.41, 5.74) is 2.90. The highest BCUT2D eigenvalue weighted by atomic mass is 15.1. The Labute approximate surface area is 124 Å². The third-order valence-corrected chi connectivity index (χ3v) is 4.35. The molecule has 0 radical (unpaired) electrons. The molecule has 0 spiro atoms. The summed E-state index contributed by atoms with van der Waals surface area (Å²) < 4.78 is 0. The Morgan fingerprint density at radius 2 is 1.70 bits per heavy atom. The summed E-state index contributed by atoms with van der Waals surface area (Å²) in [6.45, 7) is 10.5. The van der Waals surface area contributed by atoms with Crippen molar-refractivity contribution in [3.63, 3.8) is 0 Å². The van der Waals surface area contributed by atoms with Gasteiger partial charge in [0.1, 0.15) is 0 Å². The number of benzene rings is 1. The number of nitrogens with one attached hydrogen (secondary N) is 1. The SMILES string of the molecule is CCCN(Cc1ccc(CC)cc1)CC1CCNCC1. The summed E-state index contributed by atoms with van der Waals surface area (Å²) in [6.07, 6.45) is 5.07. The maximum atomic E-state index is 3.46. The summed E-state index contributed by atoms with van der Waals surface area (Å²) in [4.78, 5) is 2.65. The Morgan fingerprint density at radius 1 is 1.05 bits per heavy atom. The molecule has 1 aliphatic rings. The van der Waals surface area contributed by atoms with Crippen LogP contribution in [-0.4, -0.2) is 31.1 Å². The van der Waals surface area contributed by atoms with Crippen LogP contribution in [0, 0.1) is 5.92 Å². The van der Waals surface area contributed by atoms with Crippen LogP contribution in [0.2, 0.25) is 0 Å². The monoisotopic (exact) mass is 274 g/mol. The van der Waals surface area contributed by atoms with Gasteiger partial charge < -0.3 is 5.32 Å². The lowest BCUT2D eigenvalue weighted by Gasteiger charge is -2.30. The third-order valence-electron chi connectivity index (χ3n) is 4.35. The zero-order valence-corrected chi connectivity index (χ0v) is 13.2. The first-order valence-corrected chi connectivity index (χ1v) is 8.32. The van der Waals surface area contributed by atoms with E-state index in [9.17, 15) is 0 Å². The Kier molecular flexibility index (Phi) is 6.55. The second-order valence-electron chi connectivity index (χ2n) is 6.10. The summed E-state index contributed by atoms with van der Waals surface area (Å²) in [7, 11) is 0. The summed E-state index contributed by atoms with van der Waals surface area (Å²) >= 11 is 0. The average molecular weight is 274 g/mol. The summed E-state index contributed by atoms with van der Waals surface area (Å²) in [6, 6.07) is 9.18. The summed E-state index contributed by atoms with van der Waals surface area (Å²) in [5.74, 6) is 0.887. The lowest BCUT2D eigenvalue weighted by molar-refractivity contribution is 0.199. The van der Waals surface area contributed by atoms with E-state index in [1.165, 1.54) is 56.6 Å². The molecule has 1 aromatic rings. The van der Waals surface area contributed by atoms with Crippen LogP contribution in [0.1, 0.15) is 44.2 Å². The Morgan fingerprint density at radius 3 is 2.30 bits per heavy atom. The van der Waals surface area contributed by atoms with E-state index in [-0.39, 0.29) is 0 Å². The van der Waals surface area contributed by atoms with Gasteiger partial charge >= 0.3 is 0 Å². The van der Waals surface area contributed by atoms with Crippen molar-refractivity contribution in [3.8, 4) is 0 Å². The van der Waals surface area contributed by atoms with E-state index in [2.05, 4.69) is 48.3 Å². The molecule has 2 heteroatoms. The Bertz CT molecular complexity index is 366. The van der Waals surface area contributed by atoms with Gasteiger partial charge in [-0.15, -0.1) is 0 Å². The van der Waals surface area contributed by atoms with Gasteiger partial charge in [0.15, 0.2) is 0 Å². The zero-order chi connectivity index (χ0) is 14.2. The molecule has 0 amide bonds. The van der Waals surface area contributed by atoms with Crippen LogP contribution >= 0.6 is 0 Å². The molecule has 1 heterocycles. The van der Waals surface area contributed by atoms with E-state index in [0.717, 1.165) is 18.9 Å². The van der Waals surface area contributed by atoms with Crippen molar-refractivity contribution in [1.29, 1.82) is 0 Å². The molecule has 1 saturated heterocycles. The first-order chi connectivity index (χ1) is 9.81. The van der Waals surface area contributed by atoms with Crippen LogP contribution in [0.15, 0.2) is 24.3 Å². The molecule has 1 aliphatic heterocycles. The van der Waals surface area contributed by atoms with Gasteiger partial charge in [-0.2, -0.15) is 0 Å². The second-order valence-corrected chi connectivity index (χ2v) is 6.10. The quantitative estimate of drug-likeness (QED) is 0.819. The van der Waals surface area contributed by atoms with Crippen LogP contribution in [0.4, 0.5) is 0 Å². The molecule has 1 N–H and O–H groups in total. The number of aryl methyl sites for hydroxylation is 1. The standard InChI is InChI=1S/C18H30N2/c1-3-13-20(15-18-9-11-19-12-10-18)14-17-7-5-16(4-2)6-8-17/h5-8,18-19H,3-4,9-15H2,1-2H3. The highest BCUT2D eigenvalue weighted by Crippen LogP contribution is 2.16. The zero-order valence-electron chi connectivity index (χ0n) is 13.2. The number of hydrogen-bond acceptors (Lipinski definition) is 2. The first-order valence-electron chi connectivity index (χ1n) is 8.32. The van der Waals surface area contributed by atoms with Crippen molar-refractivity contribution in [2.45, 2.75) is 46.1 Å². The van der Waals surface area contributed by atoms with Gasteiger partial charge in [-0.05, 0) is 62.4 Å². The third kappa shape index (κ3) is 4.92. The Hall–Kier alpha value is -0.860. The van der Waals surface area contributed by atoms with Crippen molar-refractivity contribution in [3.05, 3.63) is 35.4 Å². The molecular formula is C18H30N2. The van der Waals surface area contributed by atoms with Gasteiger partial charge in [0.2, 0.25) is 0 Å². The van der Waals surface area contributed by atoms with Crippen LogP contribution in [-0.2, 0) is 13.0 Å². The van der Waals surface area contributed by atoms with Gasteiger partial charge in [0.05, 0.1) is 0 Å². The molecule has 1 fully saturated rings. The first kappa shape index (κ1) is 15.5. The number of hydrogen-bond donors (Lipinski definition) is 1. The van der Waals surface area contributed by atoms with E-state index in [4.69, 9.17) is 0 Å². The maximum absolute atomic E-state index is 3.46. The number of nitrogens with zero attached hydrogens (tertiary/aromatic N) is 1. The lowest BCUT2D eigenvalue weighted by atomic mass is 9.97. The molecular weight excluding hydrogens is 244 g/mol. The van der Waals surface area contributed by atoms with Crippen LogP contribution in [0.3, 0.4) is 0 Å². The fourth-order valence-corrected chi connectivity index (χ4v) is 3.12. The van der Waals surface area contributed by atoms with Crippen molar-refractivity contribution >= 4 is 0 Å². The van der Waals surface area contributed by atoms with E-state index >= 15 is 0 Å². The Balaban J connectivity index is 1.89. The molecule has 0 aliphatic carbocycles. The van der Waals surface area contributed by atoms with Crippen molar-refractivity contribution in [1.82, 2.24) is 10.2 Å².